The summed E-state index contributed by atoms with van der Waals surface area (Å²) in [6.07, 6.45) is 6.84. The molecular weight excluding hydrogens is 842 g/mol. The van der Waals surface area contributed by atoms with Crippen molar-refractivity contribution in [3.05, 3.63) is 64.2 Å². The summed E-state index contributed by atoms with van der Waals surface area (Å²) in [5, 5.41) is 35.2. The third-order valence-corrected chi connectivity index (χ3v) is 14.3. The van der Waals surface area contributed by atoms with Crippen LogP contribution in [0.5, 0.6) is 0 Å². The number of fused-ring (bicyclic) bond motifs is 3. The second-order valence-electron chi connectivity index (χ2n) is 18.9. The van der Waals surface area contributed by atoms with Crippen molar-refractivity contribution in [2.24, 2.45) is 29.6 Å². The van der Waals surface area contributed by atoms with Gasteiger partial charge in [-0.05, 0) is 113 Å². The molecule has 1 saturated carbocycles. The number of cyclic esters (lactones) is 1. The van der Waals surface area contributed by atoms with Gasteiger partial charge in [0.2, 0.25) is 5.79 Å². The third-order valence-electron chi connectivity index (χ3n) is 14.0. The maximum absolute atomic E-state index is 14.5. The van der Waals surface area contributed by atoms with Gasteiger partial charge < -0.3 is 43.9 Å². The second kappa shape index (κ2) is 23.5. The highest BCUT2D eigenvalue weighted by Crippen LogP contribution is 2.39. The minimum atomic E-state index is -2.53. The van der Waals surface area contributed by atoms with Crippen LogP contribution in [0.3, 0.4) is 0 Å². The van der Waals surface area contributed by atoms with Crippen molar-refractivity contribution in [1.29, 1.82) is 0 Å². The first-order valence-electron chi connectivity index (χ1n) is 23.1. The van der Waals surface area contributed by atoms with Crippen molar-refractivity contribution < 1.29 is 58.2 Å². The molecule has 1 aromatic carbocycles. The fourth-order valence-corrected chi connectivity index (χ4v) is 10.3. The summed E-state index contributed by atoms with van der Waals surface area (Å²) in [6, 6.07) is 6.22. The molecule has 3 heterocycles. The van der Waals surface area contributed by atoms with E-state index in [1.165, 1.54) is 19.1 Å². The molecule has 14 atom stereocenters. The van der Waals surface area contributed by atoms with Crippen LogP contribution in [0, 0.1) is 29.6 Å². The van der Waals surface area contributed by atoms with Crippen LogP contribution in [-0.2, 0) is 42.9 Å². The fourth-order valence-electron chi connectivity index (χ4n) is 10.2. The molecule has 0 radical (unpaired) electrons. The van der Waals surface area contributed by atoms with Crippen molar-refractivity contribution in [2.75, 3.05) is 27.9 Å². The van der Waals surface area contributed by atoms with E-state index < -0.39 is 83.9 Å². The lowest BCUT2D eigenvalue weighted by Crippen LogP contribution is -2.64. The zero-order valence-corrected chi connectivity index (χ0v) is 39.7. The van der Waals surface area contributed by atoms with Crippen LogP contribution in [0.2, 0.25) is 5.02 Å². The van der Waals surface area contributed by atoms with Crippen molar-refractivity contribution in [3.8, 4) is 0 Å². The number of hydrogen-bond acceptors (Lipinski definition) is 12. The van der Waals surface area contributed by atoms with E-state index in [2.05, 4.69) is 0 Å². The number of allylic oxidation sites excluding steroid dienone is 4. The van der Waals surface area contributed by atoms with E-state index in [0.29, 0.717) is 62.0 Å². The maximum Gasteiger partial charge on any atom is 0.329 e. The van der Waals surface area contributed by atoms with Crippen LogP contribution >= 0.6 is 11.6 Å². The van der Waals surface area contributed by atoms with E-state index in [4.69, 9.17) is 35.3 Å². The molecule has 3 N–H and O–H groups in total. The summed E-state index contributed by atoms with van der Waals surface area (Å²) in [4.78, 5) is 58.7. The highest BCUT2D eigenvalue weighted by atomic mass is 35.5. The minimum Gasteiger partial charge on any atom is -0.456 e. The number of amides is 1. The molecule has 2 saturated heterocycles. The molecule has 2 bridgehead atoms. The number of esters is 1. The number of carbonyl (C=O) groups excluding carboxylic acids is 4. The molecule has 1 amide bonds. The first-order valence-corrected chi connectivity index (χ1v) is 23.5. The summed E-state index contributed by atoms with van der Waals surface area (Å²) in [5.74, 6) is -7.96. The predicted molar refractivity (Wildman–Crippen MR) is 243 cm³/mol. The van der Waals surface area contributed by atoms with Gasteiger partial charge in [-0.25, -0.2) is 4.79 Å². The van der Waals surface area contributed by atoms with Crippen LogP contribution in [0.1, 0.15) is 111 Å². The van der Waals surface area contributed by atoms with E-state index in [0.717, 1.165) is 11.1 Å². The van der Waals surface area contributed by atoms with E-state index in [-0.39, 0.29) is 49.5 Å². The number of aliphatic hydroxyl groups excluding tert-OH is 2. The molecule has 3 aliphatic heterocycles. The van der Waals surface area contributed by atoms with Gasteiger partial charge in [0.1, 0.15) is 24.0 Å². The number of carbonyl (C=O) groups is 4. The maximum atomic E-state index is 14.5. The summed E-state index contributed by atoms with van der Waals surface area (Å²) in [5.41, 5.74) is 2.51. The Bertz CT molecular complexity index is 1850. The van der Waals surface area contributed by atoms with Crippen LogP contribution in [0.25, 0.3) is 6.08 Å². The third kappa shape index (κ3) is 12.8. The van der Waals surface area contributed by atoms with Gasteiger partial charge in [0, 0.05) is 57.1 Å². The number of hydrogen-bond donors (Lipinski definition) is 3. The Hall–Kier alpha value is -3.27. The van der Waals surface area contributed by atoms with Crippen molar-refractivity contribution in [1.82, 2.24) is 4.90 Å². The number of ether oxygens (including phenoxy) is 5. The van der Waals surface area contributed by atoms with E-state index in [1.807, 2.05) is 57.2 Å². The Balaban J connectivity index is 1.55. The lowest BCUT2D eigenvalue weighted by Gasteiger charge is -2.47. The Morgan fingerprint density at radius 1 is 0.891 bits per heavy atom. The Morgan fingerprint density at radius 3 is 2.23 bits per heavy atom. The van der Waals surface area contributed by atoms with E-state index >= 15 is 0 Å². The van der Waals surface area contributed by atoms with Crippen molar-refractivity contribution >= 4 is 41.1 Å². The molecule has 0 spiro atoms. The van der Waals surface area contributed by atoms with E-state index in [1.54, 1.807) is 33.1 Å². The van der Waals surface area contributed by atoms with Gasteiger partial charge in [-0.1, -0.05) is 74.4 Å². The number of methoxy groups -OCH3 is 3. The van der Waals surface area contributed by atoms with Crippen LogP contribution in [0.15, 0.2) is 53.6 Å². The molecule has 1 unspecified atom stereocenters. The highest BCUT2D eigenvalue weighted by molar-refractivity contribution is 6.39. The van der Waals surface area contributed by atoms with Gasteiger partial charge in [-0.15, -0.1) is 0 Å². The summed E-state index contributed by atoms with van der Waals surface area (Å²) in [7, 11) is 4.62. The van der Waals surface area contributed by atoms with Crippen LogP contribution in [0.4, 0.5) is 0 Å². The molecular formula is C50H72ClNO12. The van der Waals surface area contributed by atoms with Crippen LogP contribution in [-0.4, -0.2) is 126 Å². The molecule has 64 heavy (non-hydrogen) atoms. The number of nitrogens with zero attached hydrogens (tertiary/aromatic N) is 1. The largest absolute Gasteiger partial charge is 0.456 e. The number of ketones is 2. The zero-order valence-electron chi connectivity index (χ0n) is 39.0. The quantitative estimate of drug-likeness (QED) is 0.141. The highest BCUT2D eigenvalue weighted by Gasteiger charge is 2.56. The zero-order chi connectivity index (χ0) is 46.9. The van der Waals surface area contributed by atoms with Gasteiger partial charge in [0.15, 0.2) is 0 Å². The van der Waals surface area contributed by atoms with Crippen LogP contribution < -0.4 is 0 Å². The molecule has 5 rings (SSSR count). The van der Waals surface area contributed by atoms with Crippen molar-refractivity contribution in [2.45, 2.75) is 160 Å². The monoisotopic (exact) mass is 913 g/mol. The standard InChI is InChI=1S/C50H72ClNO12/c1-29-22-30(2)24-43(61-7)46-44(62-8)26-32(4)50(59,64-46)47(56)48(57)52-21-10-9-14-38(52)49(58)63-45(31(3)25-35-17-20-39(53)42(27-35)60-6)33(5)40(54)28-41(55)36(23-29)13-11-12-34-15-18-37(51)19-16-34/h11-12,15-16,18-19,23,25,30,32-33,35-36,38-40,42-46,53-54,59H,9-10,13-14,17,20-22,24,26-28H2,1-8H3/b12-11+,29-23+,31-25+/t30-,32+,33+,35-,36+,38-,39+,40-,42+,43-,44-,45?,46+,50+/m0/s1. The normalized spacial score (nSPS) is 37.9. The topological polar surface area (TPSA) is 178 Å². The number of benzene rings is 1. The Morgan fingerprint density at radius 2 is 1.56 bits per heavy atom. The summed E-state index contributed by atoms with van der Waals surface area (Å²) < 4.78 is 30.0. The minimum absolute atomic E-state index is 0.0217. The van der Waals surface area contributed by atoms with Gasteiger partial charge in [-0.3, -0.25) is 14.4 Å². The number of rotatable bonds is 8. The molecule has 356 valence electrons. The van der Waals surface area contributed by atoms with E-state index in [9.17, 15) is 34.5 Å². The molecule has 1 aliphatic carbocycles. The Kier molecular flexibility index (Phi) is 18.9. The molecule has 13 nitrogen and oxygen atoms in total. The Labute approximate surface area is 384 Å². The first-order chi connectivity index (χ1) is 30.4. The molecule has 1 aromatic rings. The number of halogens is 1. The average molecular weight is 915 g/mol. The first kappa shape index (κ1) is 51.7. The van der Waals surface area contributed by atoms with Gasteiger partial charge in [0.25, 0.3) is 11.7 Å². The lowest BCUT2D eigenvalue weighted by molar-refractivity contribution is -0.302. The van der Waals surface area contributed by atoms with Gasteiger partial charge in [-0.2, -0.15) is 0 Å². The number of Topliss-reactive ketones (excluding diaryl/α,β-unsaturated/α-hetero) is 2. The fraction of sp³-hybridized carbons (Fsp3) is 0.680. The molecule has 14 heteroatoms. The second-order valence-corrected chi connectivity index (χ2v) is 19.4. The smallest absolute Gasteiger partial charge is 0.329 e. The van der Waals surface area contributed by atoms with Gasteiger partial charge >= 0.3 is 5.97 Å². The SMILES string of the molecule is CO[C@H]1C[C@@H](C)C/C(C)=C/[C@@H](C/C=C/c2ccc(Cl)cc2)C(=O)C[C@H](O)[C@@H](C)C(/C(C)=C/[C@@H]2CC[C@@H](O)[C@H](OC)C2)OC(=O)[C@@H]2CCCCN2C(=O)C(=O)[C@]2(O)O[C@H]1[C@@H](OC)C[C@H]2C. The summed E-state index contributed by atoms with van der Waals surface area (Å²) >= 11 is 6.12. The molecule has 4 aliphatic rings. The number of piperidine rings is 1. The lowest BCUT2D eigenvalue weighted by atomic mass is 9.81. The number of aliphatic hydroxyl groups is 3. The molecule has 0 aromatic heterocycles. The van der Waals surface area contributed by atoms with Crippen molar-refractivity contribution in [3.63, 3.8) is 0 Å². The predicted octanol–water partition coefficient (Wildman–Crippen LogP) is 6.82. The average Bonchev–Trinajstić information content (AvgIpc) is 3.27. The summed E-state index contributed by atoms with van der Waals surface area (Å²) in [6.45, 7) is 9.27. The molecule has 3 fully saturated rings. The van der Waals surface area contributed by atoms with Gasteiger partial charge in [0.05, 0.1) is 30.5 Å².